The third kappa shape index (κ3) is 5.93. The van der Waals surface area contributed by atoms with E-state index in [4.69, 9.17) is 0 Å². The molecule has 1 heterocycles. The van der Waals surface area contributed by atoms with Crippen LogP contribution in [0.4, 0.5) is 4.79 Å². The second-order valence-corrected chi connectivity index (χ2v) is 5.19. The average Bonchev–Trinajstić information content (AvgIpc) is 2.55. The Kier molecular flexibility index (Phi) is 6.39. The molecular weight excluding hydrogens is 276 g/mol. The minimum absolute atomic E-state index is 0.156. The first-order valence-corrected chi connectivity index (χ1v) is 7.37. The summed E-state index contributed by atoms with van der Waals surface area (Å²) >= 11 is 0. The van der Waals surface area contributed by atoms with Gasteiger partial charge >= 0.3 is 6.03 Å². The topological polar surface area (TPSA) is 57.3 Å². The van der Waals surface area contributed by atoms with Crippen LogP contribution in [-0.2, 0) is 13.1 Å². The Morgan fingerprint density at radius 3 is 2.59 bits per heavy atom. The van der Waals surface area contributed by atoms with Gasteiger partial charge in [0.25, 0.3) is 0 Å². The molecule has 0 radical (unpaired) electrons. The first kappa shape index (κ1) is 16.0. The number of hydrogen-bond acceptors (Lipinski definition) is 3. The lowest BCUT2D eigenvalue weighted by Crippen LogP contribution is -2.39. The molecule has 0 atom stereocenters. The number of rotatable bonds is 7. The molecular formula is C17H22N4O. The number of amides is 2. The number of benzene rings is 1. The van der Waals surface area contributed by atoms with Crippen LogP contribution in [0.3, 0.4) is 0 Å². The summed E-state index contributed by atoms with van der Waals surface area (Å²) in [6.07, 6.45) is 3.46. The Labute approximate surface area is 131 Å². The van der Waals surface area contributed by atoms with E-state index in [0.717, 1.165) is 18.7 Å². The monoisotopic (exact) mass is 298 g/mol. The van der Waals surface area contributed by atoms with Crippen LogP contribution < -0.4 is 10.6 Å². The summed E-state index contributed by atoms with van der Waals surface area (Å²) in [6.45, 7) is 2.77. The normalized spacial score (nSPS) is 10.5. The van der Waals surface area contributed by atoms with E-state index in [1.807, 2.05) is 37.4 Å². The molecule has 0 saturated carbocycles. The van der Waals surface area contributed by atoms with Crippen LogP contribution in [0.1, 0.15) is 11.1 Å². The molecule has 2 rings (SSSR count). The lowest BCUT2D eigenvalue weighted by atomic mass is 10.2. The zero-order valence-corrected chi connectivity index (χ0v) is 12.8. The summed E-state index contributed by atoms with van der Waals surface area (Å²) in [7, 11) is 2.04. The summed E-state index contributed by atoms with van der Waals surface area (Å²) < 4.78 is 0. The van der Waals surface area contributed by atoms with Gasteiger partial charge in [-0.15, -0.1) is 0 Å². The number of nitrogens with one attached hydrogen (secondary N) is 2. The number of nitrogens with zero attached hydrogens (tertiary/aromatic N) is 2. The van der Waals surface area contributed by atoms with E-state index in [0.29, 0.717) is 13.1 Å². The Hall–Kier alpha value is -2.40. The molecule has 0 aliphatic rings. The molecule has 0 spiro atoms. The number of carbonyl (C=O) groups excluding carboxylic acids is 1. The van der Waals surface area contributed by atoms with Gasteiger partial charge in [0, 0.05) is 38.6 Å². The van der Waals surface area contributed by atoms with Crippen molar-refractivity contribution in [1.29, 1.82) is 0 Å². The Morgan fingerprint density at radius 1 is 1.09 bits per heavy atom. The molecule has 1 aromatic heterocycles. The molecule has 0 aliphatic carbocycles. The molecule has 0 saturated heterocycles. The highest BCUT2D eigenvalue weighted by molar-refractivity contribution is 5.73. The summed E-state index contributed by atoms with van der Waals surface area (Å²) in [5.74, 6) is 0. The lowest BCUT2D eigenvalue weighted by Gasteiger charge is -2.17. The molecule has 116 valence electrons. The van der Waals surface area contributed by atoms with E-state index < -0.39 is 0 Å². The third-order valence-corrected chi connectivity index (χ3v) is 3.25. The Bertz CT molecular complexity index is 559. The van der Waals surface area contributed by atoms with Crippen molar-refractivity contribution in [3.8, 4) is 0 Å². The van der Waals surface area contributed by atoms with E-state index in [1.54, 1.807) is 12.4 Å². The molecule has 2 amide bonds. The van der Waals surface area contributed by atoms with Crippen molar-refractivity contribution < 1.29 is 4.79 Å². The largest absolute Gasteiger partial charge is 0.337 e. The van der Waals surface area contributed by atoms with E-state index in [-0.39, 0.29) is 6.03 Å². The van der Waals surface area contributed by atoms with Crippen molar-refractivity contribution >= 4 is 6.03 Å². The maximum absolute atomic E-state index is 11.7. The van der Waals surface area contributed by atoms with E-state index in [9.17, 15) is 4.79 Å². The molecule has 5 heteroatoms. The number of carbonyl (C=O) groups is 1. The third-order valence-electron chi connectivity index (χ3n) is 3.25. The molecule has 2 aromatic rings. The van der Waals surface area contributed by atoms with Gasteiger partial charge in [0.05, 0.1) is 0 Å². The van der Waals surface area contributed by atoms with E-state index >= 15 is 0 Å². The highest BCUT2D eigenvalue weighted by Gasteiger charge is 2.02. The van der Waals surface area contributed by atoms with Crippen molar-refractivity contribution in [2.75, 3.05) is 20.1 Å². The summed E-state index contributed by atoms with van der Waals surface area (Å²) in [5, 5.41) is 5.67. The fourth-order valence-corrected chi connectivity index (χ4v) is 2.08. The average molecular weight is 298 g/mol. The fourth-order valence-electron chi connectivity index (χ4n) is 2.08. The SMILES string of the molecule is CN(CCNC(=O)NCc1cccnc1)Cc1ccccc1. The number of likely N-dealkylation sites (N-methyl/N-ethyl adjacent to an activating group) is 1. The van der Waals surface area contributed by atoms with Gasteiger partial charge in [-0.1, -0.05) is 36.4 Å². The molecule has 1 aromatic carbocycles. The second-order valence-electron chi connectivity index (χ2n) is 5.19. The van der Waals surface area contributed by atoms with Crippen molar-refractivity contribution in [3.05, 3.63) is 66.0 Å². The summed E-state index contributed by atoms with van der Waals surface area (Å²) in [5.41, 5.74) is 2.25. The van der Waals surface area contributed by atoms with Gasteiger partial charge in [-0.2, -0.15) is 0 Å². The summed E-state index contributed by atoms with van der Waals surface area (Å²) in [6, 6.07) is 13.9. The molecule has 0 bridgehead atoms. The van der Waals surface area contributed by atoms with Gasteiger partial charge < -0.3 is 15.5 Å². The fraction of sp³-hybridized carbons (Fsp3) is 0.294. The highest BCUT2D eigenvalue weighted by Crippen LogP contribution is 2.01. The zero-order chi connectivity index (χ0) is 15.6. The van der Waals surface area contributed by atoms with Gasteiger partial charge in [-0.25, -0.2) is 4.79 Å². The van der Waals surface area contributed by atoms with Crippen LogP contribution >= 0.6 is 0 Å². The second kappa shape index (κ2) is 8.79. The Balaban J connectivity index is 1.60. The van der Waals surface area contributed by atoms with Gasteiger partial charge in [-0.3, -0.25) is 4.98 Å². The molecule has 0 aliphatic heterocycles. The number of pyridine rings is 1. The number of aromatic nitrogens is 1. The first-order chi connectivity index (χ1) is 10.7. The maximum atomic E-state index is 11.7. The van der Waals surface area contributed by atoms with Crippen LogP contribution in [0.5, 0.6) is 0 Å². The quantitative estimate of drug-likeness (QED) is 0.822. The molecule has 0 fully saturated rings. The minimum Gasteiger partial charge on any atom is -0.337 e. The number of hydrogen-bond donors (Lipinski definition) is 2. The van der Waals surface area contributed by atoms with Crippen molar-refractivity contribution in [3.63, 3.8) is 0 Å². The van der Waals surface area contributed by atoms with Crippen LogP contribution in [0, 0.1) is 0 Å². The van der Waals surface area contributed by atoms with Gasteiger partial charge in [0.2, 0.25) is 0 Å². The van der Waals surface area contributed by atoms with Crippen LogP contribution in [-0.4, -0.2) is 36.1 Å². The zero-order valence-electron chi connectivity index (χ0n) is 12.8. The summed E-state index contributed by atoms with van der Waals surface area (Å²) in [4.78, 5) is 17.9. The van der Waals surface area contributed by atoms with Crippen molar-refractivity contribution in [2.24, 2.45) is 0 Å². The van der Waals surface area contributed by atoms with Crippen molar-refractivity contribution in [2.45, 2.75) is 13.1 Å². The minimum atomic E-state index is -0.156. The Morgan fingerprint density at radius 2 is 1.86 bits per heavy atom. The van der Waals surface area contributed by atoms with Crippen LogP contribution in [0.15, 0.2) is 54.9 Å². The smallest absolute Gasteiger partial charge is 0.315 e. The van der Waals surface area contributed by atoms with Crippen LogP contribution in [0.25, 0.3) is 0 Å². The molecule has 5 nitrogen and oxygen atoms in total. The van der Waals surface area contributed by atoms with Crippen LogP contribution in [0.2, 0.25) is 0 Å². The maximum Gasteiger partial charge on any atom is 0.315 e. The molecule has 2 N–H and O–H groups in total. The predicted molar refractivity (Wildman–Crippen MR) is 87.3 cm³/mol. The first-order valence-electron chi connectivity index (χ1n) is 7.37. The highest BCUT2D eigenvalue weighted by atomic mass is 16.2. The molecule has 0 unspecified atom stereocenters. The standard InChI is InChI=1S/C17H22N4O/c1-21(14-15-6-3-2-4-7-15)11-10-19-17(22)20-13-16-8-5-9-18-12-16/h2-9,12H,10-11,13-14H2,1H3,(H2,19,20,22). The van der Waals surface area contributed by atoms with E-state index in [2.05, 4.69) is 32.7 Å². The molecule has 22 heavy (non-hydrogen) atoms. The van der Waals surface area contributed by atoms with Gasteiger partial charge in [0.15, 0.2) is 0 Å². The predicted octanol–water partition coefficient (Wildman–Crippen LogP) is 2.01. The lowest BCUT2D eigenvalue weighted by molar-refractivity contribution is 0.237. The van der Waals surface area contributed by atoms with E-state index in [1.165, 1.54) is 5.56 Å². The van der Waals surface area contributed by atoms with Crippen molar-refractivity contribution in [1.82, 2.24) is 20.5 Å². The van der Waals surface area contributed by atoms with Gasteiger partial charge in [0.1, 0.15) is 0 Å². The van der Waals surface area contributed by atoms with Gasteiger partial charge in [-0.05, 0) is 24.2 Å². The number of urea groups is 1.